The number of para-hydroxylation sites is 1. The van der Waals surface area contributed by atoms with Crippen molar-refractivity contribution in [3.63, 3.8) is 0 Å². The van der Waals surface area contributed by atoms with E-state index in [1.54, 1.807) is 6.20 Å². The Morgan fingerprint density at radius 1 is 1.13 bits per heavy atom. The van der Waals surface area contributed by atoms with Gasteiger partial charge in [0.1, 0.15) is 0 Å². The number of hydrogen-bond donors (Lipinski definition) is 1. The standard InChI is InChI=1S/C19H17ClN2O/c1-13(15-8-2-3-9-16(15)20)12-18(23)22-17-10-4-6-14-7-5-11-21-19(14)17/h2-11,13H,12H2,1H3,(H,22,23). The van der Waals surface area contributed by atoms with Gasteiger partial charge < -0.3 is 5.32 Å². The number of benzene rings is 2. The number of carbonyl (C=O) groups is 1. The molecule has 0 aliphatic rings. The van der Waals surface area contributed by atoms with Gasteiger partial charge in [-0.2, -0.15) is 0 Å². The Bertz CT molecular complexity index is 842. The number of pyridine rings is 1. The van der Waals surface area contributed by atoms with Gasteiger partial charge in [-0.15, -0.1) is 0 Å². The molecule has 0 bridgehead atoms. The molecule has 1 aromatic heterocycles. The van der Waals surface area contributed by atoms with Crippen molar-refractivity contribution in [1.29, 1.82) is 0 Å². The molecular formula is C19H17ClN2O. The summed E-state index contributed by atoms with van der Waals surface area (Å²) < 4.78 is 0. The van der Waals surface area contributed by atoms with Gasteiger partial charge >= 0.3 is 0 Å². The lowest BCUT2D eigenvalue weighted by molar-refractivity contribution is -0.116. The number of carbonyl (C=O) groups excluding carboxylic acids is 1. The number of hydrogen-bond acceptors (Lipinski definition) is 2. The minimum Gasteiger partial charge on any atom is -0.324 e. The van der Waals surface area contributed by atoms with Crippen LogP contribution in [0.15, 0.2) is 60.8 Å². The molecule has 0 saturated heterocycles. The zero-order valence-electron chi connectivity index (χ0n) is 12.8. The number of anilines is 1. The van der Waals surface area contributed by atoms with Crippen LogP contribution in [0.1, 0.15) is 24.8 Å². The number of rotatable bonds is 4. The van der Waals surface area contributed by atoms with E-state index in [1.807, 2.05) is 61.5 Å². The smallest absolute Gasteiger partial charge is 0.225 e. The molecule has 3 rings (SSSR count). The number of fused-ring (bicyclic) bond motifs is 1. The van der Waals surface area contributed by atoms with E-state index in [1.165, 1.54) is 0 Å². The van der Waals surface area contributed by atoms with E-state index in [0.29, 0.717) is 11.4 Å². The number of nitrogens with zero attached hydrogens (tertiary/aromatic N) is 1. The van der Waals surface area contributed by atoms with E-state index >= 15 is 0 Å². The fourth-order valence-corrected chi connectivity index (χ4v) is 2.99. The van der Waals surface area contributed by atoms with Crippen LogP contribution in [-0.4, -0.2) is 10.9 Å². The van der Waals surface area contributed by atoms with Crippen molar-refractivity contribution in [3.8, 4) is 0 Å². The van der Waals surface area contributed by atoms with E-state index in [4.69, 9.17) is 11.6 Å². The first-order valence-electron chi connectivity index (χ1n) is 7.53. The second kappa shape index (κ2) is 6.80. The highest BCUT2D eigenvalue weighted by atomic mass is 35.5. The van der Waals surface area contributed by atoms with Gasteiger partial charge in [0.05, 0.1) is 11.2 Å². The first-order chi connectivity index (χ1) is 11.1. The number of amides is 1. The van der Waals surface area contributed by atoms with E-state index in [0.717, 1.165) is 22.2 Å². The minimum atomic E-state index is -0.0458. The van der Waals surface area contributed by atoms with Crippen LogP contribution in [0.25, 0.3) is 10.9 Å². The molecule has 0 radical (unpaired) electrons. The summed E-state index contributed by atoms with van der Waals surface area (Å²) in [6.45, 7) is 2.00. The predicted octanol–water partition coefficient (Wildman–Crippen LogP) is 5.02. The van der Waals surface area contributed by atoms with Gasteiger partial charge in [-0.3, -0.25) is 9.78 Å². The van der Waals surface area contributed by atoms with Crippen molar-refractivity contribution in [3.05, 3.63) is 71.4 Å². The summed E-state index contributed by atoms with van der Waals surface area (Å²) in [5, 5.41) is 4.66. The minimum absolute atomic E-state index is 0.0458. The fourth-order valence-electron chi connectivity index (χ4n) is 2.67. The van der Waals surface area contributed by atoms with Crippen molar-refractivity contribution in [1.82, 2.24) is 4.98 Å². The van der Waals surface area contributed by atoms with Crippen LogP contribution in [0, 0.1) is 0 Å². The molecule has 0 aliphatic carbocycles. The SMILES string of the molecule is CC(CC(=O)Nc1cccc2cccnc12)c1ccccc1Cl. The van der Waals surface area contributed by atoms with Gasteiger partial charge in [-0.1, -0.05) is 54.9 Å². The molecule has 3 aromatic rings. The largest absolute Gasteiger partial charge is 0.324 e. The Balaban J connectivity index is 1.75. The third-order valence-corrected chi connectivity index (χ3v) is 4.18. The molecule has 0 aliphatic heterocycles. The molecule has 1 unspecified atom stereocenters. The lowest BCUT2D eigenvalue weighted by atomic mass is 9.97. The molecule has 1 N–H and O–H groups in total. The average molecular weight is 325 g/mol. The van der Waals surface area contributed by atoms with Crippen molar-refractivity contribution in [2.75, 3.05) is 5.32 Å². The van der Waals surface area contributed by atoms with Gasteiger partial charge in [0.2, 0.25) is 5.91 Å². The Kier molecular flexibility index (Phi) is 4.58. The van der Waals surface area contributed by atoms with E-state index in [9.17, 15) is 4.79 Å². The number of halogens is 1. The van der Waals surface area contributed by atoms with Gasteiger partial charge in [-0.05, 0) is 29.7 Å². The Morgan fingerprint density at radius 3 is 2.74 bits per heavy atom. The lowest BCUT2D eigenvalue weighted by Crippen LogP contribution is -2.15. The van der Waals surface area contributed by atoms with Crippen LogP contribution < -0.4 is 5.32 Å². The van der Waals surface area contributed by atoms with Crippen molar-refractivity contribution in [2.45, 2.75) is 19.3 Å². The van der Waals surface area contributed by atoms with Crippen LogP contribution in [-0.2, 0) is 4.79 Å². The zero-order chi connectivity index (χ0) is 16.2. The van der Waals surface area contributed by atoms with Crippen LogP contribution in [0.5, 0.6) is 0 Å². The highest BCUT2D eigenvalue weighted by Gasteiger charge is 2.14. The summed E-state index contributed by atoms with van der Waals surface area (Å²) in [7, 11) is 0. The van der Waals surface area contributed by atoms with Crippen molar-refractivity contribution < 1.29 is 4.79 Å². The topological polar surface area (TPSA) is 42.0 Å². The molecule has 1 atom stereocenters. The lowest BCUT2D eigenvalue weighted by Gasteiger charge is -2.14. The molecule has 0 fully saturated rings. The maximum absolute atomic E-state index is 12.4. The molecule has 1 heterocycles. The van der Waals surface area contributed by atoms with Crippen molar-refractivity contribution >= 4 is 34.1 Å². The van der Waals surface area contributed by atoms with Gasteiger partial charge in [0, 0.05) is 23.0 Å². The highest BCUT2D eigenvalue weighted by Crippen LogP contribution is 2.27. The third kappa shape index (κ3) is 3.51. The van der Waals surface area contributed by atoms with Crippen LogP contribution >= 0.6 is 11.6 Å². The summed E-state index contributed by atoms with van der Waals surface area (Å²) in [5.41, 5.74) is 2.52. The van der Waals surface area contributed by atoms with Gasteiger partial charge in [0.15, 0.2) is 0 Å². The molecular weight excluding hydrogens is 308 g/mol. The fraction of sp³-hybridized carbons (Fsp3) is 0.158. The quantitative estimate of drug-likeness (QED) is 0.732. The number of aromatic nitrogens is 1. The predicted molar refractivity (Wildman–Crippen MR) is 94.9 cm³/mol. The molecule has 0 saturated carbocycles. The van der Waals surface area contributed by atoms with E-state index < -0.39 is 0 Å². The molecule has 1 amide bonds. The van der Waals surface area contributed by atoms with Gasteiger partial charge in [-0.25, -0.2) is 0 Å². The molecule has 2 aromatic carbocycles. The van der Waals surface area contributed by atoms with Crippen LogP contribution in [0.3, 0.4) is 0 Å². The first kappa shape index (κ1) is 15.5. The Morgan fingerprint density at radius 2 is 1.91 bits per heavy atom. The highest BCUT2D eigenvalue weighted by molar-refractivity contribution is 6.31. The summed E-state index contributed by atoms with van der Waals surface area (Å²) >= 11 is 6.20. The Labute approximate surface area is 140 Å². The molecule has 116 valence electrons. The average Bonchev–Trinajstić information content (AvgIpc) is 2.55. The van der Waals surface area contributed by atoms with Crippen LogP contribution in [0.4, 0.5) is 5.69 Å². The van der Waals surface area contributed by atoms with E-state index in [2.05, 4.69) is 10.3 Å². The van der Waals surface area contributed by atoms with Crippen LogP contribution in [0.2, 0.25) is 5.02 Å². The normalized spacial score (nSPS) is 12.1. The monoisotopic (exact) mass is 324 g/mol. The summed E-state index contributed by atoms with van der Waals surface area (Å²) in [4.78, 5) is 16.7. The Hall–Kier alpha value is -2.39. The van der Waals surface area contributed by atoms with E-state index in [-0.39, 0.29) is 11.8 Å². The van der Waals surface area contributed by atoms with Crippen molar-refractivity contribution in [2.24, 2.45) is 0 Å². The molecule has 4 heteroatoms. The first-order valence-corrected chi connectivity index (χ1v) is 7.91. The second-order valence-electron chi connectivity index (χ2n) is 5.56. The zero-order valence-corrected chi connectivity index (χ0v) is 13.5. The maximum Gasteiger partial charge on any atom is 0.225 e. The third-order valence-electron chi connectivity index (χ3n) is 3.83. The maximum atomic E-state index is 12.4. The summed E-state index contributed by atoms with van der Waals surface area (Å²) in [6, 6.07) is 17.2. The van der Waals surface area contributed by atoms with Gasteiger partial charge in [0.25, 0.3) is 0 Å². The summed E-state index contributed by atoms with van der Waals surface area (Å²) in [5.74, 6) is 0.00204. The number of nitrogens with one attached hydrogen (secondary N) is 1. The summed E-state index contributed by atoms with van der Waals surface area (Å²) in [6.07, 6.45) is 2.09. The second-order valence-corrected chi connectivity index (χ2v) is 5.96. The molecule has 23 heavy (non-hydrogen) atoms. The molecule has 0 spiro atoms. The molecule has 3 nitrogen and oxygen atoms in total.